The van der Waals surface area contributed by atoms with Crippen LogP contribution in [-0.2, 0) is 4.74 Å². The summed E-state index contributed by atoms with van der Waals surface area (Å²) in [6.07, 6.45) is 3.01. The SMILES string of the molecule is CCOC(=O)c1nncc2c1cnn2-c1ccc(F)cc1. The summed E-state index contributed by atoms with van der Waals surface area (Å²) in [6, 6.07) is 5.85. The van der Waals surface area contributed by atoms with Gasteiger partial charge in [-0.1, -0.05) is 0 Å². The largest absolute Gasteiger partial charge is 0.461 e. The predicted octanol–water partition coefficient (Wildman–Crippen LogP) is 2.13. The fourth-order valence-corrected chi connectivity index (χ4v) is 2.00. The zero-order valence-electron chi connectivity index (χ0n) is 11.2. The average Bonchev–Trinajstić information content (AvgIpc) is 2.92. The van der Waals surface area contributed by atoms with Crippen LogP contribution < -0.4 is 0 Å². The maximum absolute atomic E-state index is 13.0. The lowest BCUT2D eigenvalue weighted by molar-refractivity contribution is 0.0521. The lowest BCUT2D eigenvalue weighted by Crippen LogP contribution is -2.08. The number of nitrogens with zero attached hydrogens (tertiary/aromatic N) is 4. The minimum atomic E-state index is -0.547. The van der Waals surface area contributed by atoms with Gasteiger partial charge in [-0.25, -0.2) is 13.9 Å². The highest BCUT2D eigenvalue weighted by atomic mass is 19.1. The van der Waals surface area contributed by atoms with Crippen LogP contribution in [0.1, 0.15) is 17.4 Å². The van der Waals surface area contributed by atoms with Crippen molar-refractivity contribution in [3.05, 3.63) is 48.2 Å². The number of fused-ring (bicyclic) bond motifs is 1. The van der Waals surface area contributed by atoms with E-state index < -0.39 is 5.97 Å². The first kappa shape index (κ1) is 13.2. The Morgan fingerprint density at radius 3 is 2.76 bits per heavy atom. The van der Waals surface area contributed by atoms with Crippen LogP contribution >= 0.6 is 0 Å². The maximum Gasteiger partial charge on any atom is 0.359 e. The molecule has 0 bridgehead atoms. The molecule has 3 rings (SSSR count). The Hall–Kier alpha value is -2.83. The molecule has 0 atom stereocenters. The molecule has 3 aromatic rings. The van der Waals surface area contributed by atoms with Crippen molar-refractivity contribution in [2.75, 3.05) is 6.61 Å². The number of hydrogen-bond donors (Lipinski definition) is 0. The molecule has 0 unspecified atom stereocenters. The molecule has 0 radical (unpaired) electrons. The molecule has 21 heavy (non-hydrogen) atoms. The smallest absolute Gasteiger partial charge is 0.359 e. The molecule has 2 aromatic heterocycles. The van der Waals surface area contributed by atoms with Gasteiger partial charge in [0.2, 0.25) is 0 Å². The van der Waals surface area contributed by atoms with Crippen molar-refractivity contribution in [3.63, 3.8) is 0 Å². The van der Waals surface area contributed by atoms with Gasteiger partial charge < -0.3 is 4.74 Å². The number of aromatic nitrogens is 4. The lowest BCUT2D eigenvalue weighted by Gasteiger charge is -2.04. The summed E-state index contributed by atoms with van der Waals surface area (Å²) in [4.78, 5) is 11.8. The van der Waals surface area contributed by atoms with E-state index in [0.29, 0.717) is 16.6 Å². The highest BCUT2D eigenvalue weighted by Gasteiger charge is 2.17. The molecule has 0 saturated carbocycles. The molecule has 106 valence electrons. The van der Waals surface area contributed by atoms with E-state index in [4.69, 9.17) is 4.74 Å². The first-order valence-electron chi connectivity index (χ1n) is 6.33. The van der Waals surface area contributed by atoms with Gasteiger partial charge in [0.05, 0.1) is 35.6 Å². The predicted molar refractivity (Wildman–Crippen MR) is 72.6 cm³/mol. The summed E-state index contributed by atoms with van der Waals surface area (Å²) in [6.45, 7) is 1.97. The first-order valence-corrected chi connectivity index (χ1v) is 6.33. The van der Waals surface area contributed by atoms with Gasteiger partial charge >= 0.3 is 5.97 Å². The Labute approximate surface area is 119 Å². The summed E-state index contributed by atoms with van der Waals surface area (Å²) >= 11 is 0. The van der Waals surface area contributed by atoms with Gasteiger partial charge in [0.15, 0.2) is 5.69 Å². The molecule has 0 spiro atoms. The van der Waals surface area contributed by atoms with Crippen molar-refractivity contribution in [3.8, 4) is 5.69 Å². The lowest BCUT2D eigenvalue weighted by atomic mass is 10.2. The molecule has 2 heterocycles. The molecule has 0 fully saturated rings. The van der Waals surface area contributed by atoms with Crippen LogP contribution in [0.5, 0.6) is 0 Å². The summed E-state index contributed by atoms with van der Waals surface area (Å²) in [5.74, 6) is -0.878. The van der Waals surface area contributed by atoms with Gasteiger partial charge in [-0.15, -0.1) is 5.10 Å². The third-order valence-electron chi connectivity index (χ3n) is 2.94. The monoisotopic (exact) mass is 286 g/mol. The molecule has 0 N–H and O–H groups in total. The molecule has 7 heteroatoms. The minimum absolute atomic E-state index is 0.114. The van der Waals surface area contributed by atoms with Crippen LogP contribution in [0.2, 0.25) is 0 Å². The van der Waals surface area contributed by atoms with Gasteiger partial charge in [0, 0.05) is 0 Å². The summed E-state index contributed by atoms with van der Waals surface area (Å²) < 4.78 is 19.5. The number of ether oxygens (including phenoxy) is 1. The van der Waals surface area contributed by atoms with Crippen LogP contribution in [0.15, 0.2) is 36.7 Å². The topological polar surface area (TPSA) is 69.9 Å². The van der Waals surface area contributed by atoms with E-state index in [1.807, 2.05) is 0 Å². The Balaban J connectivity index is 2.13. The van der Waals surface area contributed by atoms with Crippen LogP contribution in [-0.4, -0.2) is 32.6 Å². The molecule has 0 saturated heterocycles. The van der Waals surface area contributed by atoms with Gasteiger partial charge in [-0.2, -0.15) is 10.2 Å². The number of carbonyl (C=O) groups is 1. The second-order valence-electron chi connectivity index (χ2n) is 4.25. The quantitative estimate of drug-likeness (QED) is 0.690. The van der Waals surface area contributed by atoms with E-state index in [0.717, 1.165) is 0 Å². The van der Waals surface area contributed by atoms with Crippen molar-refractivity contribution in [1.82, 2.24) is 20.0 Å². The van der Waals surface area contributed by atoms with E-state index in [1.54, 1.807) is 23.7 Å². The van der Waals surface area contributed by atoms with Crippen LogP contribution in [0.3, 0.4) is 0 Å². The van der Waals surface area contributed by atoms with E-state index in [1.165, 1.54) is 24.5 Å². The van der Waals surface area contributed by atoms with Crippen molar-refractivity contribution in [1.29, 1.82) is 0 Å². The Bertz CT molecular complexity index is 798. The van der Waals surface area contributed by atoms with Gasteiger partial charge in [-0.3, -0.25) is 0 Å². The molecular formula is C14H11FN4O2. The van der Waals surface area contributed by atoms with Gasteiger partial charge in [0.25, 0.3) is 0 Å². The standard InChI is InChI=1S/C14H11FN4O2/c1-2-21-14(20)13-11-7-17-19(12(11)8-16-18-13)10-5-3-9(15)4-6-10/h3-8H,2H2,1H3. The number of carbonyl (C=O) groups excluding carboxylic acids is 1. The van der Waals surface area contributed by atoms with Crippen molar-refractivity contribution < 1.29 is 13.9 Å². The number of esters is 1. The minimum Gasteiger partial charge on any atom is -0.461 e. The van der Waals surface area contributed by atoms with Crippen molar-refractivity contribution in [2.24, 2.45) is 0 Å². The summed E-state index contributed by atoms with van der Waals surface area (Å²) in [5, 5.41) is 12.4. The van der Waals surface area contributed by atoms with E-state index >= 15 is 0 Å². The molecule has 0 aliphatic heterocycles. The summed E-state index contributed by atoms with van der Waals surface area (Å²) in [7, 11) is 0. The normalized spacial score (nSPS) is 10.8. The zero-order valence-corrected chi connectivity index (χ0v) is 11.2. The number of hydrogen-bond acceptors (Lipinski definition) is 5. The molecule has 0 aliphatic rings. The maximum atomic E-state index is 13.0. The third kappa shape index (κ3) is 2.33. The number of rotatable bonds is 3. The average molecular weight is 286 g/mol. The van der Waals surface area contributed by atoms with Crippen molar-refractivity contribution >= 4 is 16.9 Å². The van der Waals surface area contributed by atoms with Gasteiger partial charge in [-0.05, 0) is 31.2 Å². The Morgan fingerprint density at radius 1 is 1.29 bits per heavy atom. The van der Waals surface area contributed by atoms with Crippen LogP contribution in [0.4, 0.5) is 4.39 Å². The fraction of sp³-hybridized carbons (Fsp3) is 0.143. The van der Waals surface area contributed by atoms with E-state index in [2.05, 4.69) is 15.3 Å². The second kappa shape index (κ2) is 5.28. The number of benzene rings is 1. The molecule has 0 aliphatic carbocycles. The van der Waals surface area contributed by atoms with Crippen LogP contribution in [0, 0.1) is 5.82 Å². The Kier molecular flexibility index (Phi) is 3.31. The number of halogens is 1. The van der Waals surface area contributed by atoms with Crippen LogP contribution in [0.25, 0.3) is 16.6 Å². The molecule has 6 nitrogen and oxygen atoms in total. The first-order chi connectivity index (χ1) is 10.2. The summed E-state index contributed by atoms with van der Waals surface area (Å²) in [5.41, 5.74) is 1.37. The molecular weight excluding hydrogens is 275 g/mol. The molecule has 1 aromatic carbocycles. The van der Waals surface area contributed by atoms with E-state index in [-0.39, 0.29) is 18.1 Å². The zero-order chi connectivity index (χ0) is 14.8. The molecule has 0 amide bonds. The fourth-order valence-electron chi connectivity index (χ4n) is 2.00. The van der Waals surface area contributed by atoms with Gasteiger partial charge in [0.1, 0.15) is 5.82 Å². The van der Waals surface area contributed by atoms with E-state index in [9.17, 15) is 9.18 Å². The highest BCUT2D eigenvalue weighted by molar-refractivity contribution is 6.01. The van der Waals surface area contributed by atoms with Crippen molar-refractivity contribution in [2.45, 2.75) is 6.92 Å². The Morgan fingerprint density at radius 2 is 2.05 bits per heavy atom. The second-order valence-corrected chi connectivity index (χ2v) is 4.25. The highest BCUT2D eigenvalue weighted by Crippen LogP contribution is 2.20. The third-order valence-corrected chi connectivity index (χ3v) is 2.94.